The number of carbonyl (C=O) groups excluding carboxylic acids is 1. The fourth-order valence-corrected chi connectivity index (χ4v) is 11.5. The van der Waals surface area contributed by atoms with Crippen molar-refractivity contribution in [2.45, 2.75) is 67.3 Å². The number of benzene rings is 2. The molecule has 0 bridgehead atoms. The molecule has 1 unspecified atom stereocenters. The van der Waals surface area contributed by atoms with Crippen molar-refractivity contribution in [3.8, 4) is 0 Å². The number of methoxy groups -OCH3 is 1. The van der Waals surface area contributed by atoms with E-state index in [1.54, 1.807) is 24.3 Å². The highest BCUT2D eigenvalue weighted by Gasteiger charge is 2.54. The zero-order valence-electron chi connectivity index (χ0n) is 31.2. The van der Waals surface area contributed by atoms with Crippen LogP contribution in [-0.2, 0) is 26.7 Å². The van der Waals surface area contributed by atoms with Gasteiger partial charge in [0.25, 0.3) is 0 Å². The molecule has 0 radical (unpaired) electrons. The molecule has 3 aromatic rings. The van der Waals surface area contributed by atoms with Gasteiger partial charge in [-0.05, 0) is 95.5 Å². The van der Waals surface area contributed by atoms with E-state index in [0.717, 1.165) is 63.1 Å². The van der Waals surface area contributed by atoms with Gasteiger partial charge in [-0.25, -0.2) is 27.0 Å². The Balaban J connectivity index is 1.08. The molecule has 14 heteroatoms. The Morgan fingerprint density at radius 1 is 1.09 bits per heavy atom. The van der Waals surface area contributed by atoms with Crippen LogP contribution in [-0.4, -0.2) is 112 Å². The van der Waals surface area contributed by atoms with E-state index < -0.39 is 32.5 Å². The standard InChI is InChI=1S/C39H53F2N7O4S/c1-26-43-15-18-48(26)39(29-7-5-8-30(40)19-29,33-9-6-10-34(33)44-38(49)52-4)28-13-16-46(17-14-28)22-27-23-47(24-27)35-11-12-36(32(37(35)41)25-45(2)3)53(50,51)31-20-42-21-31/h5,7-8,11-12,15,18-19,27-28,31,33-34,42H,6,9-10,13-14,16-17,20-25H2,1-4H3,(H,44,49)/t33-,34-,39?/m0/s1. The third kappa shape index (κ3) is 7.07. The van der Waals surface area contributed by atoms with Crippen molar-refractivity contribution < 1.29 is 26.7 Å². The Kier molecular flexibility index (Phi) is 10.9. The number of anilines is 1. The normalized spacial score (nSPS) is 23.1. The number of likely N-dealkylation sites (tertiary alicyclic amines) is 1. The first-order valence-corrected chi connectivity index (χ1v) is 20.5. The van der Waals surface area contributed by atoms with Crippen molar-refractivity contribution in [3.05, 3.63) is 77.4 Å². The minimum atomic E-state index is -3.63. The van der Waals surface area contributed by atoms with Gasteiger partial charge in [0.15, 0.2) is 15.7 Å². The molecule has 4 heterocycles. The Bertz CT molecular complexity index is 1890. The average Bonchev–Trinajstić information content (AvgIpc) is 3.73. The predicted octanol–water partition coefficient (Wildman–Crippen LogP) is 4.39. The second kappa shape index (κ2) is 15.3. The van der Waals surface area contributed by atoms with Gasteiger partial charge >= 0.3 is 6.09 Å². The van der Waals surface area contributed by atoms with Gasteiger partial charge in [0, 0.05) is 75.1 Å². The van der Waals surface area contributed by atoms with E-state index in [1.165, 1.54) is 13.2 Å². The number of hydrogen-bond acceptors (Lipinski definition) is 9. The first-order valence-electron chi connectivity index (χ1n) is 18.9. The Morgan fingerprint density at radius 2 is 1.85 bits per heavy atom. The summed E-state index contributed by atoms with van der Waals surface area (Å²) >= 11 is 0. The second-order valence-corrected chi connectivity index (χ2v) is 17.9. The number of aryl methyl sites for hydroxylation is 1. The van der Waals surface area contributed by atoms with E-state index in [0.29, 0.717) is 37.8 Å². The molecule has 53 heavy (non-hydrogen) atoms. The summed E-state index contributed by atoms with van der Waals surface area (Å²) in [5.41, 5.74) is 0.964. The lowest BCUT2D eigenvalue weighted by molar-refractivity contribution is 0.0457. The van der Waals surface area contributed by atoms with Gasteiger partial charge in [-0.2, -0.15) is 0 Å². The molecular formula is C39H53F2N7O4S. The number of sulfone groups is 1. The summed E-state index contributed by atoms with van der Waals surface area (Å²) in [6.07, 6.45) is 7.75. The zero-order valence-corrected chi connectivity index (χ0v) is 32.0. The molecule has 7 rings (SSSR count). The van der Waals surface area contributed by atoms with Gasteiger partial charge in [0.1, 0.15) is 11.6 Å². The van der Waals surface area contributed by atoms with Crippen LogP contribution in [0, 0.1) is 36.3 Å². The number of nitrogens with zero attached hydrogens (tertiary/aromatic N) is 5. The Morgan fingerprint density at radius 3 is 2.47 bits per heavy atom. The first-order chi connectivity index (χ1) is 25.4. The molecule has 1 aromatic heterocycles. The summed E-state index contributed by atoms with van der Waals surface area (Å²) in [5.74, 6) is 0.603. The van der Waals surface area contributed by atoms with Gasteiger partial charge in [-0.3, -0.25) is 0 Å². The maximum atomic E-state index is 16.2. The predicted molar refractivity (Wildman–Crippen MR) is 200 cm³/mol. The molecular weight excluding hydrogens is 701 g/mol. The van der Waals surface area contributed by atoms with Crippen molar-refractivity contribution in [2.24, 2.45) is 17.8 Å². The summed E-state index contributed by atoms with van der Waals surface area (Å²) in [6, 6.07) is 10.1. The lowest BCUT2D eigenvalue weighted by Gasteiger charge is -2.52. The number of halogens is 2. The van der Waals surface area contributed by atoms with E-state index in [2.05, 4.69) is 25.1 Å². The van der Waals surface area contributed by atoms with Gasteiger partial charge in [0.2, 0.25) is 0 Å². The molecule has 2 N–H and O–H groups in total. The van der Waals surface area contributed by atoms with Crippen molar-refractivity contribution >= 4 is 21.6 Å². The number of carbonyl (C=O) groups is 1. The number of alkyl carbamates (subject to hydrolysis) is 1. The molecule has 3 aliphatic heterocycles. The van der Waals surface area contributed by atoms with Gasteiger partial charge < -0.3 is 34.6 Å². The highest BCUT2D eigenvalue weighted by molar-refractivity contribution is 7.92. The number of imidazole rings is 1. The number of aromatic nitrogens is 2. The summed E-state index contributed by atoms with van der Waals surface area (Å²) in [4.78, 5) is 23.6. The largest absolute Gasteiger partial charge is 0.453 e. The van der Waals surface area contributed by atoms with Crippen molar-refractivity contribution in [1.29, 1.82) is 0 Å². The Labute approximate surface area is 312 Å². The monoisotopic (exact) mass is 753 g/mol. The molecule has 1 saturated carbocycles. The van der Waals surface area contributed by atoms with Crippen LogP contribution in [0.2, 0.25) is 0 Å². The van der Waals surface area contributed by atoms with Crippen molar-refractivity contribution in [2.75, 3.05) is 71.9 Å². The third-order valence-electron chi connectivity index (χ3n) is 12.2. The van der Waals surface area contributed by atoms with Crippen molar-refractivity contribution in [3.63, 3.8) is 0 Å². The summed E-state index contributed by atoms with van der Waals surface area (Å²) in [5, 5.41) is 5.62. The number of nitrogens with one attached hydrogen (secondary N) is 2. The third-order valence-corrected chi connectivity index (χ3v) is 14.5. The van der Waals surface area contributed by atoms with Crippen LogP contribution < -0.4 is 15.5 Å². The summed E-state index contributed by atoms with van der Waals surface area (Å²) < 4.78 is 65.2. The van der Waals surface area contributed by atoms with Crippen molar-refractivity contribution in [1.82, 2.24) is 30.0 Å². The van der Waals surface area contributed by atoms with Gasteiger partial charge in [0.05, 0.1) is 28.5 Å². The van der Waals surface area contributed by atoms with Crippen LogP contribution in [0.25, 0.3) is 0 Å². The lowest BCUT2D eigenvalue weighted by Crippen LogP contribution is -2.58. The SMILES string of the molecule is COC(=O)N[C@H]1CCC[C@@H]1C(c1cccc(F)c1)(C1CCN(CC2CN(c3ccc(S(=O)(=O)C4CNC4)c(CN(C)C)c3F)C2)CC1)n1ccnc1C. The maximum Gasteiger partial charge on any atom is 0.407 e. The molecule has 1 amide bonds. The van der Waals surface area contributed by atoms with Crippen LogP contribution in [0.3, 0.4) is 0 Å². The quantitative estimate of drug-likeness (QED) is 0.278. The minimum absolute atomic E-state index is 0.00733. The number of ether oxygens (including phenoxy) is 1. The molecule has 3 saturated heterocycles. The number of rotatable bonds is 12. The van der Waals surface area contributed by atoms with E-state index in [1.807, 2.05) is 49.3 Å². The first kappa shape index (κ1) is 37.7. The number of hydrogen-bond donors (Lipinski definition) is 2. The molecule has 11 nitrogen and oxygen atoms in total. The van der Waals surface area contributed by atoms with Crippen LogP contribution >= 0.6 is 0 Å². The smallest absolute Gasteiger partial charge is 0.407 e. The van der Waals surface area contributed by atoms with Gasteiger partial charge in [-0.1, -0.05) is 18.6 Å². The average molecular weight is 754 g/mol. The summed E-state index contributed by atoms with van der Waals surface area (Å²) in [7, 11) is 1.39. The zero-order chi connectivity index (χ0) is 37.5. The molecule has 288 valence electrons. The van der Waals surface area contributed by atoms with E-state index in [-0.39, 0.29) is 40.7 Å². The highest BCUT2D eigenvalue weighted by atomic mass is 32.2. The molecule has 1 aliphatic carbocycles. The van der Waals surface area contributed by atoms with E-state index in [9.17, 15) is 13.2 Å². The maximum absolute atomic E-state index is 16.2. The Hall–Kier alpha value is -3.59. The lowest BCUT2D eigenvalue weighted by atomic mass is 9.64. The molecule has 3 atom stereocenters. The van der Waals surface area contributed by atoms with Crippen LogP contribution in [0.15, 0.2) is 53.7 Å². The molecule has 4 fully saturated rings. The second-order valence-electron chi connectivity index (χ2n) is 15.7. The van der Waals surface area contributed by atoms with Crippen LogP contribution in [0.1, 0.15) is 49.1 Å². The fourth-order valence-electron chi connectivity index (χ4n) is 9.67. The molecule has 0 spiro atoms. The minimum Gasteiger partial charge on any atom is -0.453 e. The fraction of sp³-hybridized carbons (Fsp3) is 0.590. The van der Waals surface area contributed by atoms with Gasteiger partial charge in [-0.15, -0.1) is 0 Å². The van der Waals surface area contributed by atoms with Crippen LogP contribution in [0.5, 0.6) is 0 Å². The summed E-state index contributed by atoms with van der Waals surface area (Å²) in [6.45, 7) is 6.97. The van der Waals surface area contributed by atoms with E-state index >= 15 is 8.78 Å². The topological polar surface area (TPSA) is 112 Å². The van der Waals surface area contributed by atoms with E-state index in [4.69, 9.17) is 4.74 Å². The highest BCUT2D eigenvalue weighted by Crippen LogP contribution is 2.52. The van der Waals surface area contributed by atoms with Crippen LogP contribution in [0.4, 0.5) is 19.3 Å². The number of amides is 1. The molecule has 4 aliphatic rings. The number of piperidine rings is 1. The molecule has 2 aromatic carbocycles.